The fourth-order valence-electron chi connectivity index (χ4n) is 2.42. The van der Waals surface area contributed by atoms with Crippen LogP contribution in [0.4, 0.5) is 0 Å². The van der Waals surface area contributed by atoms with Crippen LogP contribution in [0.25, 0.3) is 6.08 Å². The van der Waals surface area contributed by atoms with Gasteiger partial charge in [-0.2, -0.15) is 0 Å². The van der Waals surface area contributed by atoms with Crippen molar-refractivity contribution in [3.05, 3.63) is 39.8 Å². The zero-order valence-electron chi connectivity index (χ0n) is 12.7. The molecule has 1 aromatic rings. The molecule has 0 radical (unpaired) electrons. The van der Waals surface area contributed by atoms with Crippen LogP contribution in [-0.2, 0) is 14.3 Å². The molecule has 0 saturated carbocycles. The van der Waals surface area contributed by atoms with E-state index in [0.717, 1.165) is 5.56 Å². The van der Waals surface area contributed by atoms with Gasteiger partial charge >= 0.3 is 0 Å². The molecular formula is C16H15ClN2O3S2. The highest BCUT2D eigenvalue weighted by Crippen LogP contribution is 2.33. The van der Waals surface area contributed by atoms with Gasteiger partial charge < -0.3 is 9.64 Å². The zero-order chi connectivity index (χ0) is 17.1. The number of carbonyl (C=O) groups is 2. The summed E-state index contributed by atoms with van der Waals surface area (Å²) in [7, 11) is 0. The number of morpholine rings is 1. The first kappa shape index (κ1) is 17.4. The summed E-state index contributed by atoms with van der Waals surface area (Å²) in [6.45, 7) is 2.10. The Kier molecular flexibility index (Phi) is 5.55. The standard InChI is InChI=1S/C16H15ClN2O3S2/c17-12-4-2-1-3-11(12)9-13-15(21)19(16(23)24-13)10-14(20)18-5-7-22-8-6-18/h1-4,9H,5-8,10H2. The third-order valence-electron chi connectivity index (χ3n) is 3.72. The van der Waals surface area contributed by atoms with Gasteiger partial charge in [0.1, 0.15) is 10.9 Å². The van der Waals surface area contributed by atoms with E-state index in [2.05, 4.69) is 0 Å². The molecule has 0 N–H and O–H groups in total. The molecular weight excluding hydrogens is 368 g/mol. The van der Waals surface area contributed by atoms with Crippen LogP contribution in [0.2, 0.25) is 5.02 Å². The van der Waals surface area contributed by atoms with Crippen molar-refractivity contribution in [2.45, 2.75) is 0 Å². The van der Waals surface area contributed by atoms with Gasteiger partial charge in [0.15, 0.2) is 0 Å². The quantitative estimate of drug-likeness (QED) is 0.593. The van der Waals surface area contributed by atoms with Gasteiger partial charge in [0, 0.05) is 18.1 Å². The van der Waals surface area contributed by atoms with E-state index in [9.17, 15) is 9.59 Å². The largest absolute Gasteiger partial charge is 0.378 e. The molecule has 2 fully saturated rings. The molecule has 24 heavy (non-hydrogen) atoms. The zero-order valence-corrected chi connectivity index (χ0v) is 15.1. The number of thiocarbonyl (C=S) groups is 1. The van der Waals surface area contributed by atoms with Crippen LogP contribution in [0.3, 0.4) is 0 Å². The highest BCUT2D eigenvalue weighted by atomic mass is 35.5. The van der Waals surface area contributed by atoms with E-state index in [1.807, 2.05) is 18.2 Å². The Bertz CT molecular complexity index is 717. The van der Waals surface area contributed by atoms with Gasteiger partial charge in [-0.25, -0.2) is 0 Å². The van der Waals surface area contributed by atoms with Crippen LogP contribution in [0, 0.1) is 0 Å². The molecule has 0 atom stereocenters. The summed E-state index contributed by atoms with van der Waals surface area (Å²) in [5.74, 6) is -0.375. The van der Waals surface area contributed by atoms with Crippen molar-refractivity contribution in [3.8, 4) is 0 Å². The lowest BCUT2D eigenvalue weighted by molar-refractivity contribution is -0.138. The Labute approximate surface area is 154 Å². The fourth-order valence-corrected chi connectivity index (χ4v) is 3.85. The number of halogens is 1. The van der Waals surface area contributed by atoms with E-state index in [1.165, 1.54) is 16.7 Å². The summed E-state index contributed by atoms with van der Waals surface area (Å²) in [5.41, 5.74) is 0.749. The number of rotatable bonds is 3. The van der Waals surface area contributed by atoms with E-state index in [0.29, 0.717) is 40.6 Å². The third kappa shape index (κ3) is 3.80. The van der Waals surface area contributed by atoms with E-state index < -0.39 is 0 Å². The number of thioether (sulfide) groups is 1. The monoisotopic (exact) mass is 382 g/mol. The lowest BCUT2D eigenvalue weighted by Crippen LogP contribution is -2.46. The molecule has 2 heterocycles. The Morgan fingerprint density at radius 1 is 1.33 bits per heavy atom. The highest BCUT2D eigenvalue weighted by molar-refractivity contribution is 8.26. The maximum Gasteiger partial charge on any atom is 0.266 e. The van der Waals surface area contributed by atoms with Gasteiger partial charge in [0.05, 0.1) is 18.1 Å². The van der Waals surface area contributed by atoms with E-state index >= 15 is 0 Å². The van der Waals surface area contributed by atoms with Crippen molar-refractivity contribution in [2.75, 3.05) is 32.8 Å². The normalized spacial score (nSPS) is 20.1. The first-order valence-electron chi connectivity index (χ1n) is 7.41. The predicted molar refractivity (Wildman–Crippen MR) is 98.7 cm³/mol. The van der Waals surface area contributed by atoms with Crippen LogP contribution >= 0.6 is 35.6 Å². The highest BCUT2D eigenvalue weighted by Gasteiger charge is 2.34. The van der Waals surface area contributed by atoms with E-state index in [4.69, 9.17) is 28.6 Å². The van der Waals surface area contributed by atoms with Crippen molar-refractivity contribution in [3.63, 3.8) is 0 Å². The average Bonchev–Trinajstić information content (AvgIpc) is 2.85. The van der Waals surface area contributed by atoms with Gasteiger partial charge in [-0.1, -0.05) is 53.8 Å². The second kappa shape index (κ2) is 7.65. The minimum atomic E-state index is -0.258. The molecule has 5 nitrogen and oxygen atoms in total. The van der Waals surface area contributed by atoms with Gasteiger partial charge in [-0.05, 0) is 17.7 Å². The number of amides is 2. The van der Waals surface area contributed by atoms with Crippen molar-refractivity contribution in [2.24, 2.45) is 0 Å². The van der Waals surface area contributed by atoms with Crippen LogP contribution in [0.15, 0.2) is 29.2 Å². The minimum absolute atomic E-state index is 0.0372. The maximum absolute atomic E-state index is 12.6. The minimum Gasteiger partial charge on any atom is -0.378 e. The Morgan fingerprint density at radius 3 is 2.75 bits per heavy atom. The summed E-state index contributed by atoms with van der Waals surface area (Å²) in [6, 6.07) is 7.26. The average molecular weight is 383 g/mol. The first-order chi connectivity index (χ1) is 11.6. The molecule has 0 aliphatic carbocycles. The molecule has 0 spiro atoms. The molecule has 8 heteroatoms. The smallest absolute Gasteiger partial charge is 0.266 e. The fraction of sp³-hybridized carbons (Fsp3) is 0.312. The molecule has 1 aromatic carbocycles. The van der Waals surface area contributed by atoms with Crippen molar-refractivity contribution in [1.82, 2.24) is 9.80 Å². The topological polar surface area (TPSA) is 49.9 Å². The summed E-state index contributed by atoms with van der Waals surface area (Å²) in [5, 5.41) is 0.562. The molecule has 0 bridgehead atoms. The molecule has 2 saturated heterocycles. The van der Waals surface area contributed by atoms with Crippen LogP contribution in [0.1, 0.15) is 5.56 Å². The second-order valence-corrected chi connectivity index (χ2v) is 7.37. The maximum atomic E-state index is 12.6. The molecule has 0 aromatic heterocycles. The first-order valence-corrected chi connectivity index (χ1v) is 9.02. The van der Waals surface area contributed by atoms with Gasteiger partial charge in [-0.3, -0.25) is 14.5 Å². The van der Waals surface area contributed by atoms with E-state index in [1.54, 1.807) is 17.0 Å². The summed E-state index contributed by atoms with van der Waals surface area (Å²) in [4.78, 5) is 28.4. The lowest BCUT2D eigenvalue weighted by Gasteiger charge is -2.28. The molecule has 2 aliphatic heterocycles. The molecule has 126 valence electrons. The predicted octanol–water partition coefficient (Wildman–Crippen LogP) is 2.40. The van der Waals surface area contributed by atoms with Crippen molar-refractivity contribution < 1.29 is 14.3 Å². The van der Waals surface area contributed by atoms with Gasteiger partial charge in [0.2, 0.25) is 5.91 Å². The lowest BCUT2D eigenvalue weighted by atomic mass is 10.2. The van der Waals surface area contributed by atoms with Gasteiger partial charge in [0.25, 0.3) is 5.91 Å². The van der Waals surface area contributed by atoms with E-state index in [-0.39, 0.29) is 18.4 Å². The van der Waals surface area contributed by atoms with Crippen LogP contribution < -0.4 is 0 Å². The number of ether oxygens (including phenoxy) is 1. The van der Waals surface area contributed by atoms with Crippen molar-refractivity contribution >= 4 is 57.8 Å². The second-order valence-electron chi connectivity index (χ2n) is 5.28. The van der Waals surface area contributed by atoms with Crippen molar-refractivity contribution in [1.29, 1.82) is 0 Å². The van der Waals surface area contributed by atoms with Crippen LogP contribution in [0.5, 0.6) is 0 Å². The van der Waals surface area contributed by atoms with Gasteiger partial charge in [-0.15, -0.1) is 0 Å². The number of hydrogen-bond acceptors (Lipinski definition) is 5. The summed E-state index contributed by atoms with van der Waals surface area (Å²) < 4.78 is 5.62. The summed E-state index contributed by atoms with van der Waals surface area (Å²) in [6.07, 6.45) is 1.71. The van der Waals surface area contributed by atoms with Crippen LogP contribution in [-0.4, -0.2) is 58.8 Å². The third-order valence-corrected chi connectivity index (χ3v) is 5.44. The number of carbonyl (C=O) groups excluding carboxylic acids is 2. The Morgan fingerprint density at radius 2 is 2.04 bits per heavy atom. The summed E-state index contributed by atoms with van der Waals surface area (Å²) >= 11 is 12.6. The number of hydrogen-bond donors (Lipinski definition) is 0. The molecule has 2 amide bonds. The molecule has 0 unspecified atom stereocenters. The Hall–Kier alpha value is -1.41. The number of nitrogens with zero attached hydrogens (tertiary/aromatic N) is 2. The Balaban J connectivity index is 1.72. The number of benzene rings is 1. The molecule has 3 rings (SSSR count). The SMILES string of the molecule is O=C(CN1C(=O)C(=Cc2ccccc2Cl)SC1=S)N1CCOCC1. The molecule has 2 aliphatic rings.